The number of carbonyl (C=O) groups excluding carboxylic acids is 1. The number of ether oxygens (including phenoxy) is 2. The smallest absolute Gasteiger partial charge is 0.210 e. The molecule has 7 heteroatoms. The lowest BCUT2D eigenvalue weighted by molar-refractivity contribution is -0.390. The van der Waals surface area contributed by atoms with Crippen molar-refractivity contribution in [2.45, 2.75) is 145 Å². The molecule has 2 saturated heterocycles. The molecule has 7 nitrogen and oxygen atoms in total. The lowest BCUT2D eigenvalue weighted by Gasteiger charge is -2.57. The predicted octanol–water partition coefficient (Wildman–Crippen LogP) is 6.73. The minimum atomic E-state index is -0.622. The molecule has 4 unspecified atom stereocenters. The Kier molecular flexibility index (Phi) is 5.04. The van der Waals surface area contributed by atoms with E-state index in [0.717, 1.165) is 36.5 Å². The molecule has 0 N–H and O–H groups in total. The van der Waals surface area contributed by atoms with Crippen molar-refractivity contribution in [1.82, 2.24) is 0 Å². The monoisotopic (exact) mass is 554 g/mol. The van der Waals surface area contributed by atoms with Gasteiger partial charge in [0.25, 0.3) is 0 Å². The van der Waals surface area contributed by atoms with Crippen LogP contribution in [0.25, 0.3) is 0 Å². The first kappa shape index (κ1) is 24.8. The summed E-state index contributed by atoms with van der Waals surface area (Å²) in [5.41, 5.74) is 0.658. The summed E-state index contributed by atoms with van der Waals surface area (Å²) < 4.78 is 13.2. The molecule has 5 spiro atoms. The third-order valence-electron chi connectivity index (χ3n) is 14.5. The summed E-state index contributed by atoms with van der Waals surface area (Å²) >= 11 is 0. The molecule has 40 heavy (non-hydrogen) atoms. The van der Waals surface area contributed by atoms with Crippen molar-refractivity contribution in [2.75, 3.05) is 0 Å². The molecule has 12 aliphatic rings. The normalized spacial score (nSPS) is 56.8. The zero-order valence-corrected chi connectivity index (χ0v) is 23.9. The molecule has 12 fully saturated rings. The van der Waals surface area contributed by atoms with E-state index in [4.69, 9.17) is 29.0 Å². The zero-order valence-electron chi connectivity index (χ0n) is 23.9. The second-order valence-electron chi connectivity index (χ2n) is 16.3. The molecule has 7 bridgehead atoms. The van der Waals surface area contributed by atoms with Crippen LogP contribution in [0.5, 0.6) is 0 Å². The first-order chi connectivity index (χ1) is 19.4. The molecule has 0 aromatic rings. The van der Waals surface area contributed by atoms with Crippen LogP contribution in [0.3, 0.4) is 0 Å². The summed E-state index contributed by atoms with van der Waals surface area (Å²) in [4.78, 5) is 35.1. The van der Waals surface area contributed by atoms with E-state index < -0.39 is 11.6 Å². The first-order valence-corrected chi connectivity index (χ1v) is 17.1. The van der Waals surface area contributed by atoms with E-state index in [0.29, 0.717) is 60.6 Å². The third-order valence-corrected chi connectivity index (χ3v) is 14.5. The Morgan fingerprint density at radius 3 is 1.57 bits per heavy atom. The van der Waals surface area contributed by atoms with Crippen LogP contribution in [-0.2, 0) is 33.8 Å². The van der Waals surface area contributed by atoms with Gasteiger partial charge in [-0.25, -0.2) is 0 Å². The lowest BCUT2D eigenvalue weighted by atomic mass is 9.53. The Bertz CT molecular complexity index is 1030. The van der Waals surface area contributed by atoms with Crippen LogP contribution >= 0.6 is 0 Å². The highest BCUT2D eigenvalue weighted by atomic mass is 17.3. The van der Waals surface area contributed by atoms with Crippen molar-refractivity contribution in [3.63, 3.8) is 0 Å². The molecular weight excluding hydrogens is 508 g/mol. The molecule has 10 aliphatic carbocycles. The summed E-state index contributed by atoms with van der Waals surface area (Å²) in [5.74, 6) is 4.48. The van der Waals surface area contributed by atoms with Gasteiger partial charge in [0.1, 0.15) is 5.78 Å². The molecule has 220 valence electrons. The van der Waals surface area contributed by atoms with Crippen LogP contribution in [0.4, 0.5) is 0 Å². The SMILES string of the molecule is C1CCC2(CC1)OOC1(O2)C2CC3CC(C2)CC1C3.O=C1CCC2(CC1)OOC1(O2)C2CC3CC4CC1CC34C2. The van der Waals surface area contributed by atoms with Crippen molar-refractivity contribution >= 4 is 5.78 Å². The highest BCUT2D eigenvalue weighted by molar-refractivity contribution is 5.79. The number of ketones is 1. The topological polar surface area (TPSA) is 72.5 Å². The van der Waals surface area contributed by atoms with Gasteiger partial charge in [-0.1, -0.05) is 6.42 Å². The van der Waals surface area contributed by atoms with Gasteiger partial charge < -0.3 is 9.47 Å². The molecule has 0 aromatic carbocycles. The highest BCUT2D eigenvalue weighted by Gasteiger charge is 2.77. The Balaban J connectivity index is 0.000000110. The fraction of sp³-hybridized carbons (Fsp3) is 0.970. The molecule has 0 radical (unpaired) electrons. The fourth-order valence-corrected chi connectivity index (χ4v) is 12.9. The van der Waals surface area contributed by atoms with Gasteiger partial charge in [-0.15, -0.1) is 0 Å². The van der Waals surface area contributed by atoms with Gasteiger partial charge in [0.15, 0.2) is 0 Å². The Morgan fingerprint density at radius 2 is 1.00 bits per heavy atom. The third kappa shape index (κ3) is 3.16. The predicted molar refractivity (Wildman–Crippen MR) is 141 cm³/mol. The Morgan fingerprint density at radius 1 is 0.500 bits per heavy atom. The van der Waals surface area contributed by atoms with Crippen molar-refractivity contribution in [3.8, 4) is 0 Å². The van der Waals surface area contributed by atoms with Crippen LogP contribution in [-0.4, -0.2) is 28.9 Å². The van der Waals surface area contributed by atoms with E-state index in [-0.39, 0.29) is 11.6 Å². The number of carbonyl (C=O) groups is 1. The van der Waals surface area contributed by atoms with Crippen LogP contribution in [0.2, 0.25) is 0 Å². The minimum Gasteiger partial charge on any atom is -0.312 e. The molecule has 0 amide bonds. The van der Waals surface area contributed by atoms with Gasteiger partial charge in [-0.3, -0.25) is 4.79 Å². The molecule has 0 aromatic heterocycles. The Hall–Kier alpha value is -0.570. The summed E-state index contributed by atoms with van der Waals surface area (Å²) in [7, 11) is 0. The van der Waals surface area contributed by atoms with Crippen LogP contribution < -0.4 is 0 Å². The second-order valence-corrected chi connectivity index (χ2v) is 16.3. The standard InChI is InChI=1S/C17H22O4.C16H24O3/c18-14-1-3-16(4-2-14)19-17(21-20-16)12-6-10-5-11-7-13(17)9-15(10,11)8-12;1-2-4-15(5-3-1)17-16(19-18-15)13-7-11-6-12(9-13)10-14(16)8-11/h10-13H,1-9H2;11-14H,1-10H2. The van der Waals surface area contributed by atoms with Gasteiger partial charge in [0.05, 0.1) is 0 Å². The van der Waals surface area contributed by atoms with Gasteiger partial charge in [0.2, 0.25) is 23.1 Å². The number of hydrogen-bond donors (Lipinski definition) is 0. The number of rotatable bonds is 0. The molecule has 10 saturated carbocycles. The first-order valence-electron chi connectivity index (χ1n) is 17.1. The minimum absolute atomic E-state index is 0.333. The quantitative estimate of drug-likeness (QED) is 0.307. The number of fused-ring (bicyclic) bond motifs is 4. The van der Waals surface area contributed by atoms with E-state index >= 15 is 0 Å². The summed E-state index contributed by atoms with van der Waals surface area (Å²) in [6.45, 7) is 0. The molecule has 12 rings (SSSR count). The van der Waals surface area contributed by atoms with Crippen molar-refractivity contribution in [3.05, 3.63) is 0 Å². The fourth-order valence-electron chi connectivity index (χ4n) is 12.9. The van der Waals surface area contributed by atoms with E-state index in [1.54, 1.807) is 0 Å². The van der Waals surface area contributed by atoms with E-state index in [1.165, 1.54) is 83.5 Å². The maximum absolute atomic E-state index is 11.5. The van der Waals surface area contributed by atoms with E-state index in [9.17, 15) is 4.79 Å². The van der Waals surface area contributed by atoms with Gasteiger partial charge in [0, 0.05) is 62.2 Å². The Labute approximate surface area is 237 Å². The largest absolute Gasteiger partial charge is 0.312 e. The van der Waals surface area contributed by atoms with Gasteiger partial charge in [-0.2, -0.15) is 19.6 Å². The maximum Gasteiger partial charge on any atom is 0.210 e. The molecule has 2 heterocycles. The van der Waals surface area contributed by atoms with E-state index in [1.807, 2.05) is 0 Å². The van der Waals surface area contributed by atoms with E-state index in [2.05, 4.69) is 0 Å². The van der Waals surface area contributed by atoms with Crippen LogP contribution in [0.1, 0.15) is 122 Å². The zero-order chi connectivity index (χ0) is 26.4. The number of Topliss-reactive ketones (excluding diaryl/α,β-unsaturated/α-hetero) is 1. The van der Waals surface area contributed by atoms with Crippen LogP contribution in [0.15, 0.2) is 0 Å². The summed E-state index contributed by atoms with van der Waals surface area (Å²) in [6.07, 6.45) is 21.6. The summed E-state index contributed by atoms with van der Waals surface area (Å²) in [5, 5.41) is 0. The maximum atomic E-state index is 11.5. The molecule has 4 atom stereocenters. The average molecular weight is 555 g/mol. The van der Waals surface area contributed by atoms with Crippen LogP contribution in [0, 0.1) is 52.8 Å². The second kappa shape index (κ2) is 8.12. The van der Waals surface area contributed by atoms with Crippen molar-refractivity contribution < 1.29 is 33.8 Å². The van der Waals surface area contributed by atoms with Gasteiger partial charge in [-0.05, 0) is 106 Å². The highest BCUT2D eigenvalue weighted by Crippen LogP contribution is 2.79. The molecular formula is C33H46O7. The average Bonchev–Trinajstić information content (AvgIpc) is 3.65. The van der Waals surface area contributed by atoms with Crippen molar-refractivity contribution in [1.29, 1.82) is 0 Å². The number of hydrogen-bond acceptors (Lipinski definition) is 7. The lowest BCUT2D eigenvalue weighted by Crippen LogP contribution is -2.59. The summed E-state index contributed by atoms with van der Waals surface area (Å²) in [6, 6.07) is 0. The molecule has 2 aliphatic heterocycles. The van der Waals surface area contributed by atoms with Gasteiger partial charge >= 0.3 is 0 Å². The van der Waals surface area contributed by atoms with Crippen molar-refractivity contribution in [2.24, 2.45) is 52.8 Å².